The van der Waals surface area contributed by atoms with E-state index in [1.54, 1.807) is 18.2 Å². The van der Waals surface area contributed by atoms with Crippen molar-refractivity contribution in [3.63, 3.8) is 0 Å². The first-order chi connectivity index (χ1) is 13.6. The van der Waals surface area contributed by atoms with Gasteiger partial charge in [-0.2, -0.15) is 0 Å². The fourth-order valence-electron chi connectivity index (χ4n) is 3.60. The number of rotatable bonds is 4. The number of nitrogens with one attached hydrogen (secondary N) is 1. The number of benzene rings is 3. The maximum absolute atomic E-state index is 13.4. The summed E-state index contributed by atoms with van der Waals surface area (Å²) in [6, 6.07) is 19.5. The Bertz CT molecular complexity index is 1280. The van der Waals surface area contributed by atoms with E-state index in [0.717, 1.165) is 33.4 Å². The minimum Gasteiger partial charge on any atom is -0.343 e. The van der Waals surface area contributed by atoms with E-state index < -0.39 is 0 Å². The molecule has 0 spiro atoms. The molecule has 0 unspecified atom stereocenters. The van der Waals surface area contributed by atoms with Crippen LogP contribution in [0.4, 0.5) is 8.78 Å². The van der Waals surface area contributed by atoms with Crippen LogP contribution in [-0.2, 0) is 13.0 Å². The predicted octanol–water partition coefficient (Wildman–Crippen LogP) is 5.43. The zero-order valence-corrected chi connectivity index (χ0v) is 15.0. The Morgan fingerprint density at radius 3 is 2.46 bits per heavy atom. The molecule has 0 aliphatic heterocycles. The van der Waals surface area contributed by atoms with Crippen LogP contribution in [0.3, 0.4) is 0 Å². The number of fused-ring (bicyclic) bond motifs is 2. The number of aromatic nitrogens is 3. The molecule has 0 bridgehead atoms. The van der Waals surface area contributed by atoms with Crippen LogP contribution in [0.15, 0.2) is 72.9 Å². The molecule has 5 heteroatoms. The molecule has 0 saturated carbocycles. The van der Waals surface area contributed by atoms with E-state index in [4.69, 9.17) is 0 Å². The van der Waals surface area contributed by atoms with Crippen LogP contribution in [0.1, 0.15) is 17.0 Å². The molecule has 0 fully saturated rings. The van der Waals surface area contributed by atoms with Gasteiger partial charge in [-0.1, -0.05) is 18.2 Å². The summed E-state index contributed by atoms with van der Waals surface area (Å²) >= 11 is 0. The Hall–Kier alpha value is -3.47. The van der Waals surface area contributed by atoms with E-state index in [9.17, 15) is 8.78 Å². The number of imidazole rings is 1. The lowest BCUT2D eigenvalue weighted by Gasteiger charge is -2.07. The summed E-state index contributed by atoms with van der Waals surface area (Å²) in [5.41, 5.74) is 4.79. The largest absolute Gasteiger partial charge is 0.343 e. The molecule has 138 valence electrons. The van der Waals surface area contributed by atoms with Crippen LogP contribution < -0.4 is 0 Å². The molecule has 3 aromatic carbocycles. The van der Waals surface area contributed by atoms with Gasteiger partial charge in [-0.15, -0.1) is 0 Å². The Kier molecular flexibility index (Phi) is 3.93. The van der Waals surface area contributed by atoms with Crippen molar-refractivity contribution in [1.29, 1.82) is 0 Å². The van der Waals surface area contributed by atoms with Crippen LogP contribution in [0.2, 0.25) is 0 Å². The average Bonchev–Trinajstić information content (AvgIpc) is 3.26. The van der Waals surface area contributed by atoms with Crippen molar-refractivity contribution in [2.24, 2.45) is 0 Å². The molecular formula is C23H17F2N3. The quantitative estimate of drug-likeness (QED) is 0.447. The highest BCUT2D eigenvalue weighted by Gasteiger charge is 2.07. The third-order valence-corrected chi connectivity index (χ3v) is 4.97. The second-order valence-electron chi connectivity index (χ2n) is 6.99. The highest BCUT2D eigenvalue weighted by molar-refractivity contribution is 5.81. The molecule has 2 heterocycles. The standard InChI is InChI=1S/C23H17F2N3/c24-18-4-1-15(2-5-18)14-28-10-9-17-11-16(3-8-22(17)28)12-23-26-20-7-6-19(25)13-21(20)27-23/h1-11,13H,12,14H2,(H,26,27). The molecule has 0 saturated heterocycles. The summed E-state index contributed by atoms with van der Waals surface area (Å²) in [6.45, 7) is 0.693. The minimum absolute atomic E-state index is 0.223. The van der Waals surface area contributed by atoms with Crippen molar-refractivity contribution in [3.8, 4) is 0 Å². The topological polar surface area (TPSA) is 33.6 Å². The molecule has 5 aromatic rings. The third kappa shape index (κ3) is 3.16. The van der Waals surface area contributed by atoms with E-state index in [0.29, 0.717) is 18.5 Å². The molecule has 2 aromatic heterocycles. The van der Waals surface area contributed by atoms with Gasteiger partial charge in [-0.3, -0.25) is 0 Å². The third-order valence-electron chi connectivity index (χ3n) is 4.97. The van der Waals surface area contributed by atoms with Crippen LogP contribution >= 0.6 is 0 Å². The van der Waals surface area contributed by atoms with E-state index in [2.05, 4.69) is 38.8 Å². The number of nitrogens with zero attached hydrogens (tertiary/aromatic N) is 2. The first-order valence-corrected chi connectivity index (χ1v) is 9.10. The van der Waals surface area contributed by atoms with Gasteiger partial charge in [-0.05, 0) is 65.0 Å². The van der Waals surface area contributed by atoms with Crippen molar-refractivity contribution >= 4 is 21.9 Å². The van der Waals surface area contributed by atoms with Gasteiger partial charge in [0.2, 0.25) is 0 Å². The molecule has 3 nitrogen and oxygen atoms in total. The Labute approximate surface area is 160 Å². The molecule has 0 amide bonds. The maximum atomic E-state index is 13.4. The summed E-state index contributed by atoms with van der Waals surface area (Å²) in [5.74, 6) is 0.316. The lowest BCUT2D eigenvalue weighted by molar-refractivity contribution is 0.626. The normalized spacial score (nSPS) is 11.5. The van der Waals surface area contributed by atoms with E-state index >= 15 is 0 Å². The van der Waals surface area contributed by atoms with Crippen molar-refractivity contribution in [2.75, 3.05) is 0 Å². The van der Waals surface area contributed by atoms with E-state index in [1.165, 1.54) is 24.3 Å². The van der Waals surface area contributed by atoms with Crippen molar-refractivity contribution in [2.45, 2.75) is 13.0 Å². The Morgan fingerprint density at radius 1 is 0.821 bits per heavy atom. The SMILES string of the molecule is Fc1ccc(Cn2ccc3cc(Cc4nc5ccc(F)cc5[nH]4)ccc32)cc1. The number of hydrogen-bond donors (Lipinski definition) is 1. The lowest BCUT2D eigenvalue weighted by Crippen LogP contribution is -1.98. The predicted molar refractivity (Wildman–Crippen MR) is 106 cm³/mol. The van der Waals surface area contributed by atoms with Crippen LogP contribution in [0, 0.1) is 11.6 Å². The van der Waals surface area contributed by atoms with E-state index in [-0.39, 0.29) is 11.6 Å². The van der Waals surface area contributed by atoms with Crippen molar-refractivity contribution in [3.05, 3.63) is 102 Å². The highest BCUT2D eigenvalue weighted by atomic mass is 19.1. The molecule has 0 aliphatic carbocycles. The van der Waals surface area contributed by atoms with Crippen LogP contribution in [0.25, 0.3) is 21.9 Å². The van der Waals surface area contributed by atoms with E-state index in [1.807, 2.05) is 6.20 Å². The smallest absolute Gasteiger partial charge is 0.125 e. The summed E-state index contributed by atoms with van der Waals surface area (Å²) in [7, 11) is 0. The van der Waals surface area contributed by atoms with Gasteiger partial charge in [0, 0.05) is 24.7 Å². The van der Waals surface area contributed by atoms with Crippen molar-refractivity contribution < 1.29 is 8.78 Å². The Balaban J connectivity index is 1.41. The summed E-state index contributed by atoms with van der Waals surface area (Å²) < 4.78 is 28.6. The van der Waals surface area contributed by atoms with Gasteiger partial charge >= 0.3 is 0 Å². The summed E-state index contributed by atoms with van der Waals surface area (Å²) in [4.78, 5) is 7.73. The maximum Gasteiger partial charge on any atom is 0.125 e. The lowest BCUT2D eigenvalue weighted by atomic mass is 10.1. The highest BCUT2D eigenvalue weighted by Crippen LogP contribution is 2.21. The first kappa shape index (κ1) is 16.7. The monoisotopic (exact) mass is 373 g/mol. The first-order valence-electron chi connectivity index (χ1n) is 9.10. The number of halogens is 2. The molecular weight excluding hydrogens is 356 g/mol. The molecule has 5 rings (SSSR count). The van der Waals surface area contributed by atoms with Crippen LogP contribution in [0.5, 0.6) is 0 Å². The van der Waals surface area contributed by atoms with Gasteiger partial charge in [0.1, 0.15) is 17.5 Å². The van der Waals surface area contributed by atoms with Gasteiger partial charge in [0.05, 0.1) is 11.0 Å². The van der Waals surface area contributed by atoms with Gasteiger partial charge in [-0.25, -0.2) is 13.8 Å². The van der Waals surface area contributed by atoms with Crippen molar-refractivity contribution in [1.82, 2.24) is 14.5 Å². The molecule has 28 heavy (non-hydrogen) atoms. The molecule has 0 aliphatic rings. The number of H-pyrrole nitrogens is 1. The van der Waals surface area contributed by atoms with Gasteiger partial charge in [0.15, 0.2) is 0 Å². The fraction of sp³-hybridized carbons (Fsp3) is 0.0870. The Morgan fingerprint density at radius 2 is 1.61 bits per heavy atom. The van der Waals surface area contributed by atoms with Gasteiger partial charge < -0.3 is 9.55 Å². The van der Waals surface area contributed by atoms with Crippen LogP contribution in [-0.4, -0.2) is 14.5 Å². The zero-order valence-electron chi connectivity index (χ0n) is 15.0. The molecule has 0 radical (unpaired) electrons. The minimum atomic E-state index is -0.272. The summed E-state index contributed by atoms with van der Waals surface area (Å²) in [6.07, 6.45) is 2.69. The average molecular weight is 373 g/mol. The second kappa shape index (κ2) is 6.60. The fourth-order valence-corrected chi connectivity index (χ4v) is 3.60. The number of hydrogen-bond acceptors (Lipinski definition) is 1. The van der Waals surface area contributed by atoms with Gasteiger partial charge in [0.25, 0.3) is 0 Å². The molecule has 1 N–H and O–H groups in total. The molecule has 0 atom stereocenters. The zero-order chi connectivity index (χ0) is 19.1. The summed E-state index contributed by atoms with van der Waals surface area (Å²) in [5, 5.41) is 1.14. The number of aromatic amines is 1. The second-order valence-corrected chi connectivity index (χ2v) is 6.99.